The number of nitrogens with zero attached hydrogens (tertiary/aromatic N) is 1. The molecule has 0 saturated carbocycles. The summed E-state index contributed by atoms with van der Waals surface area (Å²) in [5.74, 6) is 0.807. The van der Waals surface area contributed by atoms with Gasteiger partial charge in [0.1, 0.15) is 17.2 Å². The molecule has 0 spiro atoms. The van der Waals surface area contributed by atoms with Gasteiger partial charge >= 0.3 is 5.97 Å². The topological polar surface area (TPSA) is 86.2 Å². The Kier molecular flexibility index (Phi) is 8.53. The third-order valence-electron chi connectivity index (χ3n) is 5.57. The van der Waals surface area contributed by atoms with Gasteiger partial charge in [0.25, 0.3) is 5.91 Å². The van der Waals surface area contributed by atoms with Crippen LogP contribution in [0.4, 0.5) is 0 Å². The zero-order chi connectivity index (χ0) is 26.2. The van der Waals surface area contributed by atoms with E-state index in [1.165, 1.54) is 6.21 Å². The van der Waals surface area contributed by atoms with Crippen molar-refractivity contribution in [3.8, 4) is 17.2 Å². The number of hydrogen-bond acceptors (Lipinski definition) is 6. The number of rotatable bonds is 9. The molecule has 0 fully saturated rings. The Labute approximate surface area is 223 Å². The maximum atomic E-state index is 12.7. The molecular formula is C29H25BrN2O5. The van der Waals surface area contributed by atoms with Crippen LogP contribution in [0.5, 0.6) is 17.2 Å². The van der Waals surface area contributed by atoms with Gasteiger partial charge in [0.2, 0.25) is 0 Å². The second-order valence-corrected chi connectivity index (χ2v) is 8.83. The Morgan fingerprint density at radius 2 is 1.65 bits per heavy atom. The summed E-state index contributed by atoms with van der Waals surface area (Å²) in [5.41, 5.74) is 3.66. The van der Waals surface area contributed by atoms with E-state index in [-0.39, 0.29) is 5.91 Å². The Morgan fingerprint density at radius 1 is 0.946 bits per heavy atom. The lowest BCUT2D eigenvalue weighted by molar-refractivity contribution is -0.128. The molecule has 188 valence electrons. The Balaban J connectivity index is 1.32. The van der Waals surface area contributed by atoms with Gasteiger partial charge in [-0.3, -0.25) is 4.79 Å². The molecule has 1 amide bonds. The van der Waals surface area contributed by atoms with Crippen LogP contribution in [0.2, 0.25) is 0 Å². The molecule has 7 nitrogen and oxygen atoms in total. The summed E-state index contributed by atoms with van der Waals surface area (Å²) >= 11 is 3.59. The molecular weight excluding hydrogens is 536 g/mol. The van der Waals surface area contributed by atoms with Crippen LogP contribution in [0.3, 0.4) is 0 Å². The molecule has 4 aromatic carbocycles. The van der Waals surface area contributed by atoms with Gasteiger partial charge in [-0.25, -0.2) is 10.2 Å². The van der Waals surface area contributed by atoms with Crippen LogP contribution in [0.1, 0.15) is 29.3 Å². The van der Waals surface area contributed by atoms with Gasteiger partial charge in [-0.15, -0.1) is 0 Å². The summed E-state index contributed by atoms with van der Waals surface area (Å²) in [4.78, 5) is 25.0. The SMILES string of the molecule is CCC(Oc1ccc2ccccc2c1Br)C(=O)NN=Cc1ccc(OC(=O)c2ccc(OC)cc2)cc1. The fourth-order valence-corrected chi connectivity index (χ4v) is 4.12. The van der Waals surface area contributed by atoms with Gasteiger partial charge in [-0.05, 0) is 93.3 Å². The van der Waals surface area contributed by atoms with Gasteiger partial charge in [0.15, 0.2) is 6.10 Å². The number of esters is 1. The molecule has 0 bridgehead atoms. The highest BCUT2D eigenvalue weighted by Crippen LogP contribution is 2.33. The molecule has 0 heterocycles. The predicted molar refractivity (Wildman–Crippen MR) is 146 cm³/mol. The first-order chi connectivity index (χ1) is 18.0. The molecule has 0 aromatic heterocycles. The van der Waals surface area contributed by atoms with Crippen molar-refractivity contribution in [1.82, 2.24) is 5.43 Å². The smallest absolute Gasteiger partial charge is 0.343 e. The number of ether oxygens (including phenoxy) is 3. The minimum Gasteiger partial charge on any atom is -0.497 e. The van der Waals surface area contributed by atoms with Gasteiger partial charge in [0.05, 0.1) is 23.4 Å². The number of amides is 1. The second kappa shape index (κ2) is 12.2. The number of carbonyl (C=O) groups excluding carboxylic acids is 2. The zero-order valence-electron chi connectivity index (χ0n) is 20.3. The minimum atomic E-state index is -0.714. The van der Waals surface area contributed by atoms with E-state index in [1.807, 2.05) is 43.3 Å². The molecule has 0 aliphatic carbocycles. The fourth-order valence-electron chi connectivity index (χ4n) is 3.54. The van der Waals surface area contributed by atoms with Crippen LogP contribution in [-0.2, 0) is 4.79 Å². The Hall–Kier alpha value is -4.17. The van der Waals surface area contributed by atoms with Crippen molar-refractivity contribution in [2.45, 2.75) is 19.4 Å². The highest BCUT2D eigenvalue weighted by atomic mass is 79.9. The second-order valence-electron chi connectivity index (χ2n) is 8.03. The molecule has 4 rings (SSSR count). The van der Waals surface area contributed by atoms with Crippen LogP contribution in [-0.4, -0.2) is 31.3 Å². The largest absolute Gasteiger partial charge is 0.497 e. The van der Waals surface area contributed by atoms with E-state index in [9.17, 15) is 9.59 Å². The minimum absolute atomic E-state index is 0.358. The Bertz CT molecular complexity index is 1420. The van der Waals surface area contributed by atoms with E-state index in [1.54, 1.807) is 55.6 Å². The molecule has 1 unspecified atom stereocenters. The van der Waals surface area contributed by atoms with E-state index < -0.39 is 12.1 Å². The molecule has 0 radical (unpaired) electrons. The quantitative estimate of drug-likeness (QED) is 0.115. The van der Waals surface area contributed by atoms with Crippen LogP contribution >= 0.6 is 15.9 Å². The van der Waals surface area contributed by atoms with E-state index in [0.717, 1.165) is 20.8 Å². The third kappa shape index (κ3) is 6.54. The molecule has 0 aliphatic heterocycles. The average molecular weight is 561 g/mol. The lowest BCUT2D eigenvalue weighted by Crippen LogP contribution is -2.35. The first-order valence-corrected chi connectivity index (χ1v) is 12.4. The summed E-state index contributed by atoms with van der Waals surface area (Å²) in [6.45, 7) is 1.87. The van der Waals surface area contributed by atoms with Crippen molar-refractivity contribution in [3.63, 3.8) is 0 Å². The van der Waals surface area contributed by atoms with Crippen LogP contribution in [0.15, 0.2) is 94.5 Å². The van der Waals surface area contributed by atoms with Crippen molar-refractivity contribution in [2.24, 2.45) is 5.10 Å². The first kappa shape index (κ1) is 25.9. The van der Waals surface area contributed by atoms with Gasteiger partial charge < -0.3 is 14.2 Å². The summed E-state index contributed by atoms with van der Waals surface area (Å²) in [5, 5.41) is 6.12. The number of halogens is 1. The van der Waals surface area contributed by atoms with Crippen molar-refractivity contribution in [2.75, 3.05) is 7.11 Å². The predicted octanol–water partition coefficient (Wildman–Crippen LogP) is 6.14. The number of hydrazone groups is 1. The van der Waals surface area contributed by atoms with Gasteiger partial charge in [0, 0.05) is 0 Å². The van der Waals surface area contributed by atoms with E-state index in [0.29, 0.717) is 29.2 Å². The summed E-state index contributed by atoms with van der Waals surface area (Å²) in [6.07, 6.45) is 1.26. The summed E-state index contributed by atoms with van der Waals surface area (Å²) in [7, 11) is 1.56. The van der Waals surface area contributed by atoms with Crippen LogP contribution in [0.25, 0.3) is 10.8 Å². The number of carbonyl (C=O) groups is 2. The average Bonchev–Trinajstić information content (AvgIpc) is 2.93. The van der Waals surface area contributed by atoms with Crippen LogP contribution < -0.4 is 19.6 Å². The summed E-state index contributed by atoms with van der Waals surface area (Å²) in [6, 6.07) is 25.1. The number of hydrogen-bond donors (Lipinski definition) is 1. The van der Waals surface area contributed by atoms with Gasteiger partial charge in [-0.2, -0.15) is 5.10 Å². The van der Waals surface area contributed by atoms with E-state index in [2.05, 4.69) is 26.5 Å². The normalized spacial score (nSPS) is 11.8. The van der Waals surface area contributed by atoms with E-state index >= 15 is 0 Å². The lowest BCUT2D eigenvalue weighted by Gasteiger charge is -2.17. The number of benzene rings is 4. The van der Waals surface area contributed by atoms with Gasteiger partial charge in [-0.1, -0.05) is 37.3 Å². The van der Waals surface area contributed by atoms with Crippen molar-refractivity contribution in [3.05, 3.63) is 101 Å². The maximum absolute atomic E-state index is 12.7. The van der Waals surface area contributed by atoms with Crippen molar-refractivity contribution >= 4 is 44.8 Å². The molecule has 37 heavy (non-hydrogen) atoms. The zero-order valence-corrected chi connectivity index (χ0v) is 21.9. The maximum Gasteiger partial charge on any atom is 0.343 e. The highest BCUT2D eigenvalue weighted by Gasteiger charge is 2.19. The van der Waals surface area contributed by atoms with E-state index in [4.69, 9.17) is 14.2 Å². The molecule has 1 atom stereocenters. The molecule has 1 N–H and O–H groups in total. The lowest BCUT2D eigenvalue weighted by atomic mass is 10.1. The van der Waals surface area contributed by atoms with Crippen molar-refractivity contribution in [1.29, 1.82) is 0 Å². The number of fused-ring (bicyclic) bond motifs is 1. The van der Waals surface area contributed by atoms with Crippen LogP contribution in [0, 0.1) is 0 Å². The van der Waals surface area contributed by atoms with Crippen molar-refractivity contribution < 1.29 is 23.8 Å². The standard InChI is InChI=1S/C29H25BrN2O5/c1-3-25(37-26-17-12-20-6-4-5-7-24(20)27(26)30)28(33)32-31-18-19-8-13-23(14-9-19)36-29(34)21-10-15-22(35-2)16-11-21/h4-18,25H,3H2,1-2H3,(H,32,33). The fraction of sp³-hybridized carbons (Fsp3) is 0.138. The molecule has 4 aromatic rings. The molecule has 8 heteroatoms. The first-order valence-electron chi connectivity index (χ1n) is 11.6. The highest BCUT2D eigenvalue weighted by molar-refractivity contribution is 9.10. The molecule has 0 aliphatic rings. The summed E-state index contributed by atoms with van der Waals surface area (Å²) < 4.78 is 17.3. The number of methoxy groups -OCH3 is 1. The third-order valence-corrected chi connectivity index (χ3v) is 6.38. The Morgan fingerprint density at radius 3 is 2.35 bits per heavy atom. The monoisotopic (exact) mass is 560 g/mol. The molecule has 0 saturated heterocycles. The number of nitrogens with one attached hydrogen (secondary N) is 1.